The summed E-state index contributed by atoms with van der Waals surface area (Å²) < 4.78 is 24.8. The number of carbonyl (C=O) groups is 1. The number of rotatable bonds is 6. The van der Waals surface area contributed by atoms with Gasteiger partial charge in [0.25, 0.3) is 0 Å². The fraction of sp³-hybridized carbons (Fsp3) is 0.625. The molecule has 8 heteroatoms. The van der Waals surface area contributed by atoms with Crippen LogP contribution in [0.2, 0.25) is 5.15 Å². The summed E-state index contributed by atoms with van der Waals surface area (Å²) in [5.74, 6) is -0.0414. The highest BCUT2D eigenvalue weighted by molar-refractivity contribution is 7.91. The number of nitrogens with zero attached hydrogens (tertiary/aromatic N) is 3. The van der Waals surface area contributed by atoms with Gasteiger partial charge in [0.1, 0.15) is 5.15 Å². The van der Waals surface area contributed by atoms with Gasteiger partial charge in [-0.05, 0) is 25.8 Å². The molecule has 0 bridgehead atoms. The summed E-state index contributed by atoms with van der Waals surface area (Å²) >= 11 is 6.34. The van der Waals surface area contributed by atoms with Gasteiger partial charge in [0.2, 0.25) is 5.91 Å². The molecule has 1 aromatic heterocycles. The van der Waals surface area contributed by atoms with E-state index in [1.807, 2.05) is 6.92 Å². The minimum Gasteiger partial charge on any atom is -0.338 e. The highest BCUT2D eigenvalue weighted by Crippen LogP contribution is 2.22. The fourth-order valence-electron chi connectivity index (χ4n) is 2.75. The van der Waals surface area contributed by atoms with Crippen LogP contribution in [0.25, 0.3) is 6.08 Å². The molecule has 2 rings (SSSR count). The maximum absolute atomic E-state index is 12.3. The van der Waals surface area contributed by atoms with Crippen molar-refractivity contribution < 1.29 is 13.2 Å². The van der Waals surface area contributed by atoms with Crippen LogP contribution in [-0.2, 0) is 21.2 Å². The monoisotopic (exact) mass is 373 g/mol. The number of carbonyl (C=O) groups excluding carboxylic acids is 1. The van der Waals surface area contributed by atoms with Crippen molar-refractivity contribution in [2.24, 2.45) is 0 Å². The Balaban J connectivity index is 2.07. The van der Waals surface area contributed by atoms with Gasteiger partial charge in [-0.25, -0.2) is 8.42 Å². The summed E-state index contributed by atoms with van der Waals surface area (Å²) in [6.07, 6.45) is 5.63. The number of hydrogen-bond acceptors (Lipinski definition) is 4. The van der Waals surface area contributed by atoms with Crippen LogP contribution in [0.15, 0.2) is 6.08 Å². The van der Waals surface area contributed by atoms with Crippen molar-refractivity contribution in [3.8, 4) is 0 Å². The maximum atomic E-state index is 12.3. The van der Waals surface area contributed by atoms with Gasteiger partial charge in [-0.15, -0.1) is 0 Å². The summed E-state index contributed by atoms with van der Waals surface area (Å²) in [6.45, 7) is 4.70. The van der Waals surface area contributed by atoms with Crippen molar-refractivity contribution >= 4 is 33.4 Å². The van der Waals surface area contributed by atoms with Crippen LogP contribution in [0.5, 0.6) is 0 Å². The molecule has 0 unspecified atom stereocenters. The number of unbranched alkanes of at least 4 members (excludes halogenated alkanes) is 1. The molecular formula is C16H24ClN3O3S. The Labute approximate surface area is 148 Å². The van der Waals surface area contributed by atoms with Crippen LogP contribution < -0.4 is 0 Å². The second-order valence-corrected chi connectivity index (χ2v) is 8.79. The Hall–Kier alpha value is -1.34. The lowest BCUT2D eigenvalue weighted by Crippen LogP contribution is -2.36. The third-order valence-electron chi connectivity index (χ3n) is 4.33. The van der Waals surface area contributed by atoms with Crippen LogP contribution >= 0.6 is 11.6 Å². The molecule has 1 fully saturated rings. The lowest BCUT2D eigenvalue weighted by molar-refractivity contribution is -0.126. The average molecular weight is 374 g/mol. The first-order chi connectivity index (χ1) is 11.2. The van der Waals surface area contributed by atoms with Gasteiger partial charge in [-0.2, -0.15) is 5.10 Å². The van der Waals surface area contributed by atoms with Gasteiger partial charge in [-0.3, -0.25) is 9.48 Å². The molecular weight excluding hydrogens is 350 g/mol. The predicted molar refractivity (Wildman–Crippen MR) is 95.7 cm³/mol. The molecule has 1 saturated heterocycles. The van der Waals surface area contributed by atoms with Crippen LogP contribution in [-0.4, -0.2) is 53.6 Å². The molecule has 1 atom stereocenters. The molecule has 24 heavy (non-hydrogen) atoms. The van der Waals surface area contributed by atoms with Crippen molar-refractivity contribution in [2.75, 3.05) is 18.6 Å². The van der Waals surface area contributed by atoms with E-state index in [1.165, 1.54) is 11.0 Å². The van der Waals surface area contributed by atoms with E-state index in [9.17, 15) is 13.2 Å². The Morgan fingerprint density at radius 3 is 2.79 bits per heavy atom. The van der Waals surface area contributed by atoms with E-state index in [-0.39, 0.29) is 23.5 Å². The second-order valence-electron chi connectivity index (χ2n) is 6.21. The zero-order chi connectivity index (χ0) is 17.9. The topological polar surface area (TPSA) is 72.3 Å². The largest absolute Gasteiger partial charge is 0.338 e. The third-order valence-corrected chi connectivity index (χ3v) is 6.48. The smallest absolute Gasteiger partial charge is 0.246 e. The number of amides is 1. The van der Waals surface area contributed by atoms with Gasteiger partial charge in [0, 0.05) is 31.3 Å². The maximum Gasteiger partial charge on any atom is 0.246 e. The molecule has 0 saturated carbocycles. The quantitative estimate of drug-likeness (QED) is 0.717. The Morgan fingerprint density at radius 1 is 1.50 bits per heavy atom. The first-order valence-electron chi connectivity index (χ1n) is 8.13. The number of halogens is 1. The first kappa shape index (κ1) is 19.0. The number of aromatic nitrogens is 2. The van der Waals surface area contributed by atoms with Gasteiger partial charge >= 0.3 is 0 Å². The van der Waals surface area contributed by atoms with E-state index in [1.54, 1.807) is 17.8 Å². The van der Waals surface area contributed by atoms with Gasteiger partial charge < -0.3 is 4.90 Å². The molecule has 0 N–H and O–H groups in total. The minimum absolute atomic E-state index is 0.0395. The van der Waals surface area contributed by atoms with Gasteiger partial charge in [-0.1, -0.05) is 24.9 Å². The molecule has 1 amide bonds. The van der Waals surface area contributed by atoms with Crippen molar-refractivity contribution in [3.63, 3.8) is 0 Å². The summed E-state index contributed by atoms with van der Waals surface area (Å²) in [5, 5.41) is 4.92. The Morgan fingerprint density at radius 2 is 2.21 bits per heavy atom. The summed E-state index contributed by atoms with van der Waals surface area (Å²) in [6, 6.07) is -0.254. The molecule has 0 aliphatic carbocycles. The normalized spacial score (nSPS) is 19.9. The fourth-order valence-corrected chi connectivity index (χ4v) is 4.84. The zero-order valence-corrected chi connectivity index (χ0v) is 15.9. The molecule has 6 nitrogen and oxygen atoms in total. The van der Waals surface area contributed by atoms with Crippen molar-refractivity contribution in [1.82, 2.24) is 14.7 Å². The standard InChI is InChI=1S/C16H24ClN3O3S/c1-4-5-9-20-16(17)14(12(2)18-20)6-7-15(21)19(3)13-8-10-24(22,23)11-13/h6-7,13H,4-5,8-11H2,1-3H3/b7-6+/t13-/m0/s1. The van der Waals surface area contributed by atoms with Crippen LogP contribution in [0.4, 0.5) is 0 Å². The zero-order valence-electron chi connectivity index (χ0n) is 14.3. The highest BCUT2D eigenvalue weighted by atomic mass is 35.5. The van der Waals surface area contributed by atoms with E-state index in [2.05, 4.69) is 12.0 Å². The SMILES string of the molecule is CCCCn1nc(C)c(/C=C/C(=O)N(C)[C@H]2CCS(=O)(=O)C2)c1Cl. The molecule has 1 aromatic rings. The van der Waals surface area contributed by atoms with Crippen molar-refractivity contribution in [1.29, 1.82) is 0 Å². The summed E-state index contributed by atoms with van der Waals surface area (Å²) in [4.78, 5) is 13.8. The Kier molecular flexibility index (Phi) is 6.09. The minimum atomic E-state index is -3.01. The molecule has 1 aliphatic heterocycles. The molecule has 2 heterocycles. The molecule has 0 spiro atoms. The first-order valence-corrected chi connectivity index (χ1v) is 10.3. The molecule has 0 radical (unpaired) electrons. The molecule has 0 aromatic carbocycles. The average Bonchev–Trinajstić information content (AvgIpc) is 3.02. The summed E-state index contributed by atoms with van der Waals surface area (Å²) in [7, 11) is -1.38. The second kappa shape index (κ2) is 7.70. The molecule has 134 valence electrons. The van der Waals surface area contributed by atoms with Gasteiger partial charge in [0.15, 0.2) is 9.84 Å². The van der Waals surface area contributed by atoms with E-state index >= 15 is 0 Å². The summed E-state index contributed by atoms with van der Waals surface area (Å²) in [5.41, 5.74) is 1.50. The van der Waals surface area contributed by atoms with E-state index in [4.69, 9.17) is 11.6 Å². The molecule has 1 aliphatic rings. The van der Waals surface area contributed by atoms with Crippen LogP contribution in [0.3, 0.4) is 0 Å². The van der Waals surface area contributed by atoms with E-state index < -0.39 is 9.84 Å². The van der Waals surface area contributed by atoms with Gasteiger partial charge in [0.05, 0.1) is 17.2 Å². The van der Waals surface area contributed by atoms with Crippen molar-refractivity contribution in [2.45, 2.75) is 45.7 Å². The van der Waals surface area contributed by atoms with E-state index in [0.717, 1.165) is 30.6 Å². The highest BCUT2D eigenvalue weighted by Gasteiger charge is 2.32. The lowest BCUT2D eigenvalue weighted by Gasteiger charge is -2.21. The Bertz CT molecular complexity index is 740. The number of hydrogen-bond donors (Lipinski definition) is 0. The predicted octanol–water partition coefficient (Wildman–Crippen LogP) is 2.30. The van der Waals surface area contributed by atoms with Crippen molar-refractivity contribution in [3.05, 3.63) is 22.5 Å². The number of likely N-dealkylation sites (N-methyl/N-ethyl adjacent to an activating group) is 1. The third kappa shape index (κ3) is 4.39. The van der Waals surface area contributed by atoms with Crippen LogP contribution in [0.1, 0.15) is 37.4 Å². The number of aryl methyl sites for hydroxylation is 2. The lowest BCUT2D eigenvalue weighted by atomic mass is 10.2. The van der Waals surface area contributed by atoms with Crippen LogP contribution in [0, 0.1) is 6.92 Å². The number of sulfone groups is 1. The van der Waals surface area contributed by atoms with E-state index in [0.29, 0.717) is 11.6 Å².